The SMILES string of the molecule is CC[C@]12C=CC[NH+]3CC[C@]4(c5ccc(OC)cc5N(C)[C@H]4[C@@](O)(C(=O)OC)[C@@H]1OC(C)=O)[C@@H]32. The Kier molecular flexibility index (Phi) is 4.85. The third-order valence-electron chi connectivity index (χ3n) is 8.80. The molecular weight excluding hydrogens is 424 g/mol. The van der Waals surface area contributed by atoms with Crippen molar-refractivity contribution >= 4 is 17.6 Å². The van der Waals surface area contributed by atoms with Crippen LogP contribution in [0.1, 0.15) is 32.3 Å². The number of likely N-dealkylation sites (N-methyl/N-ethyl adjacent to an activating group) is 1. The summed E-state index contributed by atoms with van der Waals surface area (Å²) in [5.74, 6) is -0.592. The molecule has 1 aromatic rings. The molecule has 4 aliphatic rings. The molecule has 0 bridgehead atoms. The average Bonchev–Trinajstić information content (AvgIpc) is 3.32. The zero-order valence-electron chi connectivity index (χ0n) is 19.9. The molecule has 0 amide bonds. The number of rotatable bonds is 4. The lowest BCUT2D eigenvalue weighted by atomic mass is 9.47. The van der Waals surface area contributed by atoms with Crippen molar-refractivity contribution in [2.75, 3.05) is 39.3 Å². The van der Waals surface area contributed by atoms with Crippen LogP contribution in [0.4, 0.5) is 5.69 Å². The number of nitrogens with zero attached hydrogens (tertiary/aromatic N) is 1. The first kappa shape index (κ1) is 22.2. The predicted molar refractivity (Wildman–Crippen MR) is 120 cm³/mol. The van der Waals surface area contributed by atoms with Crippen LogP contribution in [-0.2, 0) is 24.5 Å². The van der Waals surface area contributed by atoms with E-state index in [1.54, 1.807) is 7.11 Å². The Morgan fingerprint density at radius 1 is 1.30 bits per heavy atom. The van der Waals surface area contributed by atoms with Gasteiger partial charge in [0.2, 0.25) is 5.60 Å². The molecule has 2 fully saturated rings. The second-order valence-corrected chi connectivity index (χ2v) is 9.91. The first-order valence-corrected chi connectivity index (χ1v) is 11.6. The highest BCUT2D eigenvalue weighted by Crippen LogP contribution is 2.64. The first-order valence-electron chi connectivity index (χ1n) is 11.6. The number of nitrogens with one attached hydrogen (secondary N) is 1. The highest BCUT2D eigenvalue weighted by molar-refractivity contribution is 5.86. The van der Waals surface area contributed by atoms with E-state index in [4.69, 9.17) is 14.2 Å². The summed E-state index contributed by atoms with van der Waals surface area (Å²) in [4.78, 5) is 29.2. The second-order valence-electron chi connectivity index (χ2n) is 9.91. The van der Waals surface area contributed by atoms with E-state index in [-0.39, 0.29) is 6.04 Å². The summed E-state index contributed by atoms with van der Waals surface area (Å²) in [5.41, 5.74) is -1.28. The zero-order chi connectivity index (χ0) is 23.8. The van der Waals surface area contributed by atoms with E-state index in [1.807, 2.05) is 31.0 Å². The minimum absolute atomic E-state index is 0.0244. The van der Waals surface area contributed by atoms with E-state index in [0.717, 1.165) is 30.8 Å². The molecule has 33 heavy (non-hydrogen) atoms. The molecule has 1 saturated heterocycles. The number of fused-ring (bicyclic) bond motifs is 1. The maximum absolute atomic E-state index is 13.5. The Morgan fingerprint density at radius 3 is 2.70 bits per heavy atom. The molecule has 3 heterocycles. The number of benzene rings is 1. The van der Waals surface area contributed by atoms with Crippen molar-refractivity contribution < 1.29 is 33.8 Å². The minimum atomic E-state index is -2.06. The maximum atomic E-state index is 13.5. The van der Waals surface area contributed by atoms with Crippen LogP contribution in [0.2, 0.25) is 0 Å². The Hall–Kier alpha value is -2.58. The van der Waals surface area contributed by atoms with Gasteiger partial charge in [0.05, 0.1) is 44.2 Å². The number of aliphatic hydroxyl groups is 1. The van der Waals surface area contributed by atoms with Crippen LogP contribution in [0.3, 0.4) is 0 Å². The van der Waals surface area contributed by atoms with Crippen LogP contribution >= 0.6 is 0 Å². The molecule has 1 aromatic carbocycles. The van der Waals surface area contributed by atoms with Gasteiger partial charge in [-0.15, -0.1) is 0 Å². The van der Waals surface area contributed by atoms with E-state index < -0.39 is 40.5 Å². The van der Waals surface area contributed by atoms with Crippen molar-refractivity contribution in [1.29, 1.82) is 0 Å². The van der Waals surface area contributed by atoms with Gasteiger partial charge in [-0.05, 0) is 24.1 Å². The molecule has 0 radical (unpaired) electrons. The summed E-state index contributed by atoms with van der Waals surface area (Å²) in [6.07, 6.45) is 4.53. The lowest BCUT2D eigenvalue weighted by Crippen LogP contribution is -3.18. The van der Waals surface area contributed by atoms with Crippen LogP contribution in [0.25, 0.3) is 0 Å². The highest BCUT2D eigenvalue weighted by atomic mass is 16.6. The minimum Gasteiger partial charge on any atom is -0.497 e. The normalized spacial score (nSPS) is 40.0. The fourth-order valence-electron chi connectivity index (χ4n) is 7.90. The third-order valence-corrected chi connectivity index (χ3v) is 8.80. The number of ether oxygens (including phenoxy) is 3. The molecule has 7 atom stereocenters. The molecule has 2 N–H and O–H groups in total. The van der Waals surface area contributed by atoms with Gasteiger partial charge in [-0.3, -0.25) is 4.79 Å². The van der Waals surface area contributed by atoms with Gasteiger partial charge >= 0.3 is 11.9 Å². The van der Waals surface area contributed by atoms with Crippen LogP contribution in [0.5, 0.6) is 5.75 Å². The molecule has 8 nitrogen and oxygen atoms in total. The van der Waals surface area contributed by atoms with Crippen LogP contribution in [-0.4, -0.2) is 75.2 Å². The van der Waals surface area contributed by atoms with E-state index in [9.17, 15) is 14.7 Å². The van der Waals surface area contributed by atoms with Gasteiger partial charge in [0.25, 0.3) is 0 Å². The molecule has 5 rings (SSSR count). The number of hydrogen-bond donors (Lipinski definition) is 2. The second kappa shape index (κ2) is 7.21. The number of carbonyl (C=O) groups excluding carboxylic acids is 2. The monoisotopic (exact) mass is 457 g/mol. The van der Waals surface area contributed by atoms with Crippen molar-refractivity contribution in [3.63, 3.8) is 0 Å². The molecule has 0 aromatic heterocycles. The zero-order valence-corrected chi connectivity index (χ0v) is 19.9. The van der Waals surface area contributed by atoms with Gasteiger partial charge in [0.15, 0.2) is 6.10 Å². The van der Waals surface area contributed by atoms with Gasteiger partial charge in [-0.1, -0.05) is 19.1 Å². The predicted octanol–water partition coefficient (Wildman–Crippen LogP) is 0.224. The highest BCUT2D eigenvalue weighted by Gasteiger charge is 2.82. The van der Waals surface area contributed by atoms with Crippen molar-refractivity contribution in [1.82, 2.24) is 0 Å². The van der Waals surface area contributed by atoms with E-state index in [2.05, 4.69) is 18.2 Å². The maximum Gasteiger partial charge on any atom is 0.344 e. The van der Waals surface area contributed by atoms with E-state index >= 15 is 0 Å². The number of methoxy groups -OCH3 is 2. The Morgan fingerprint density at radius 2 is 2.06 bits per heavy atom. The summed E-state index contributed by atoms with van der Waals surface area (Å²) < 4.78 is 16.6. The molecule has 1 spiro atoms. The molecule has 1 aliphatic carbocycles. The quantitative estimate of drug-likeness (QED) is 0.494. The molecule has 1 unspecified atom stereocenters. The summed E-state index contributed by atoms with van der Waals surface area (Å²) in [6, 6.07) is 5.36. The topological polar surface area (TPSA) is 89.7 Å². The molecule has 8 heteroatoms. The Labute approximate surface area is 194 Å². The standard InChI is InChI=1S/C25H32N2O6/c1-6-23-10-7-12-27-13-11-24(19(23)27)17-9-8-16(31-4)14-18(17)26(3)20(24)25(30,22(29)32-5)21(23)33-15(2)28/h7-10,14,19-21,30H,6,11-13H2,1-5H3/p+1/t19-,20+,21+,23+,24-,25-/m0/s1. The van der Waals surface area contributed by atoms with Gasteiger partial charge in [-0.25, -0.2) is 4.79 Å². The Bertz CT molecular complexity index is 1040. The van der Waals surface area contributed by atoms with Crippen molar-refractivity contribution in [3.05, 3.63) is 35.9 Å². The van der Waals surface area contributed by atoms with Crippen LogP contribution in [0.15, 0.2) is 30.4 Å². The largest absolute Gasteiger partial charge is 0.497 e. The molecule has 178 valence electrons. The molecular formula is C25H33N2O6+. The Balaban J connectivity index is 1.86. The number of carbonyl (C=O) groups is 2. The lowest BCUT2D eigenvalue weighted by Gasteiger charge is -2.61. The number of anilines is 1. The summed E-state index contributed by atoms with van der Waals surface area (Å²) >= 11 is 0. The van der Waals surface area contributed by atoms with Crippen LogP contribution < -0.4 is 14.5 Å². The summed E-state index contributed by atoms with van der Waals surface area (Å²) in [7, 11) is 4.79. The van der Waals surface area contributed by atoms with E-state index in [1.165, 1.54) is 18.9 Å². The van der Waals surface area contributed by atoms with E-state index in [0.29, 0.717) is 12.2 Å². The summed E-state index contributed by atoms with van der Waals surface area (Å²) in [5, 5.41) is 12.5. The number of quaternary nitrogens is 1. The fourth-order valence-corrected chi connectivity index (χ4v) is 7.90. The van der Waals surface area contributed by atoms with Gasteiger partial charge in [-0.2, -0.15) is 0 Å². The molecule has 3 aliphatic heterocycles. The number of hydrogen-bond acceptors (Lipinski definition) is 7. The third kappa shape index (κ3) is 2.48. The fraction of sp³-hybridized carbons (Fsp3) is 0.600. The summed E-state index contributed by atoms with van der Waals surface area (Å²) in [6.45, 7) is 5.13. The molecule has 1 saturated carbocycles. The van der Waals surface area contributed by atoms with Crippen molar-refractivity contribution in [2.45, 2.75) is 55.9 Å². The smallest absolute Gasteiger partial charge is 0.344 e. The van der Waals surface area contributed by atoms with Gasteiger partial charge in [0, 0.05) is 32.1 Å². The average molecular weight is 458 g/mol. The van der Waals surface area contributed by atoms with Crippen LogP contribution in [0, 0.1) is 5.41 Å². The van der Waals surface area contributed by atoms with Crippen molar-refractivity contribution in [2.24, 2.45) is 5.41 Å². The van der Waals surface area contributed by atoms with Crippen molar-refractivity contribution in [3.8, 4) is 5.75 Å². The number of esters is 2. The van der Waals surface area contributed by atoms with Gasteiger partial charge < -0.3 is 29.1 Å². The van der Waals surface area contributed by atoms with Gasteiger partial charge in [0.1, 0.15) is 11.8 Å². The first-order chi connectivity index (χ1) is 15.7. The lowest BCUT2D eigenvalue weighted by molar-refractivity contribution is -0.920.